The molecular formula is C26H26N2O3. The van der Waals surface area contributed by atoms with E-state index < -0.39 is 6.04 Å². The number of H-pyrrole nitrogens is 1. The van der Waals surface area contributed by atoms with Gasteiger partial charge in [-0.05, 0) is 36.6 Å². The fourth-order valence-electron chi connectivity index (χ4n) is 3.85. The van der Waals surface area contributed by atoms with Crippen LogP contribution in [0.3, 0.4) is 0 Å². The monoisotopic (exact) mass is 414 g/mol. The molecule has 1 atom stereocenters. The summed E-state index contributed by atoms with van der Waals surface area (Å²) in [4.78, 5) is 16.4. The van der Waals surface area contributed by atoms with Crippen molar-refractivity contribution in [1.82, 2.24) is 10.3 Å². The first-order valence-corrected chi connectivity index (χ1v) is 10.5. The Morgan fingerprint density at radius 1 is 1.03 bits per heavy atom. The van der Waals surface area contributed by atoms with E-state index in [1.807, 2.05) is 79.9 Å². The van der Waals surface area contributed by atoms with Gasteiger partial charge in [0.05, 0.1) is 24.8 Å². The SMILES string of the molecule is CCOc1c(C(=O)N[C@@H](CO)Cc2c[nH]c3ccccc23)cccc1-c1ccccc1. The summed E-state index contributed by atoms with van der Waals surface area (Å²) in [7, 11) is 0. The van der Waals surface area contributed by atoms with Crippen molar-refractivity contribution in [2.24, 2.45) is 0 Å². The maximum absolute atomic E-state index is 13.2. The standard InChI is InChI=1S/C26H26N2O3/c1-2-31-25-22(18-9-4-3-5-10-18)12-8-13-23(25)26(30)28-20(17-29)15-19-16-27-24-14-7-6-11-21(19)24/h3-14,16,20,27,29H,2,15,17H2,1H3,(H,28,30)/t20-/m1/s1. The highest BCUT2D eigenvalue weighted by molar-refractivity contribution is 5.99. The number of benzene rings is 3. The van der Waals surface area contributed by atoms with E-state index in [1.165, 1.54) is 0 Å². The number of aliphatic hydroxyl groups excluding tert-OH is 1. The number of hydrogen-bond acceptors (Lipinski definition) is 3. The van der Waals surface area contributed by atoms with Crippen molar-refractivity contribution in [3.05, 3.63) is 90.1 Å². The number of ether oxygens (including phenoxy) is 1. The number of nitrogens with one attached hydrogen (secondary N) is 2. The maximum atomic E-state index is 13.2. The van der Waals surface area contributed by atoms with Crippen molar-refractivity contribution < 1.29 is 14.6 Å². The number of carbonyl (C=O) groups excluding carboxylic acids is 1. The van der Waals surface area contributed by atoms with Crippen molar-refractivity contribution >= 4 is 16.8 Å². The van der Waals surface area contributed by atoms with Crippen LogP contribution in [0, 0.1) is 0 Å². The summed E-state index contributed by atoms with van der Waals surface area (Å²) < 4.78 is 5.89. The van der Waals surface area contributed by atoms with Crippen LogP contribution in [0.1, 0.15) is 22.8 Å². The molecule has 3 aromatic carbocycles. The highest BCUT2D eigenvalue weighted by Crippen LogP contribution is 2.33. The van der Waals surface area contributed by atoms with E-state index >= 15 is 0 Å². The molecule has 0 spiro atoms. The minimum atomic E-state index is -0.415. The molecule has 0 radical (unpaired) electrons. The van der Waals surface area contributed by atoms with Gasteiger partial charge in [-0.15, -0.1) is 0 Å². The van der Waals surface area contributed by atoms with Gasteiger partial charge in [0.1, 0.15) is 5.75 Å². The number of hydrogen-bond donors (Lipinski definition) is 3. The minimum Gasteiger partial charge on any atom is -0.492 e. The van der Waals surface area contributed by atoms with Crippen LogP contribution in [0.15, 0.2) is 79.0 Å². The summed E-state index contributed by atoms with van der Waals surface area (Å²) in [6, 6.07) is 23.0. The maximum Gasteiger partial charge on any atom is 0.255 e. The molecule has 4 aromatic rings. The Labute approximate surface area is 181 Å². The third-order valence-corrected chi connectivity index (χ3v) is 5.33. The van der Waals surface area contributed by atoms with Crippen molar-refractivity contribution in [1.29, 1.82) is 0 Å². The Kier molecular flexibility index (Phi) is 6.34. The zero-order valence-electron chi connectivity index (χ0n) is 17.5. The Morgan fingerprint density at radius 3 is 2.58 bits per heavy atom. The summed E-state index contributed by atoms with van der Waals surface area (Å²) >= 11 is 0. The Hall–Kier alpha value is -3.57. The van der Waals surface area contributed by atoms with Crippen LogP contribution in [-0.2, 0) is 6.42 Å². The second-order valence-corrected chi connectivity index (χ2v) is 7.40. The van der Waals surface area contributed by atoms with Crippen molar-refractivity contribution in [3.8, 4) is 16.9 Å². The van der Waals surface area contributed by atoms with Gasteiger partial charge in [0.2, 0.25) is 0 Å². The van der Waals surface area contributed by atoms with Gasteiger partial charge < -0.3 is 20.1 Å². The number of fused-ring (bicyclic) bond motifs is 1. The fraction of sp³-hybridized carbons (Fsp3) is 0.192. The summed E-state index contributed by atoms with van der Waals surface area (Å²) in [5.74, 6) is 0.289. The molecular weight excluding hydrogens is 388 g/mol. The van der Waals surface area contributed by atoms with Gasteiger partial charge in [0, 0.05) is 22.7 Å². The highest BCUT2D eigenvalue weighted by atomic mass is 16.5. The summed E-state index contributed by atoms with van der Waals surface area (Å²) in [5.41, 5.74) is 4.40. The van der Waals surface area contributed by atoms with Crippen LogP contribution < -0.4 is 10.1 Å². The molecule has 0 aliphatic rings. The molecule has 5 heteroatoms. The molecule has 31 heavy (non-hydrogen) atoms. The van der Waals surface area contributed by atoms with E-state index in [4.69, 9.17) is 4.74 Å². The molecule has 1 heterocycles. The van der Waals surface area contributed by atoms with Gasteiger partial charge >= 0.3 is 0 Å². The molecule has 1 amide bonds. The lowest BCUT2D eigenvalue weighted by molar-refractivity contribution is 0.0913. The van der Waals surface area contributed by atoms with Gasteiger partial charge in [0.25, 0.3) is 5.91 Å². The van der Waals surface area contributed by atoms with Crippen molar-refractivity contribution in [2.45, 2.75) is 19.4 Å². The van der Waals surface area contributed by atoms with E-state index in [0.717, 1.165) is 27.6 Å². The highest BCUT2D eigenvalue weighted by Gasteiger charge is 2.21. The van der Waals surface area contributed by atoms with Crippen LogP contribution in [0.5, 0.6) is 5.75 Å². The molecule has 0 fully saturated rings. The van der Waals surface area contributed by atoms with Gasteiger partial charge in [-0.3, -0.25) is 4.79 Å². The minimum absolute atomic E-state index is 0.159. The van der Waals surface area contributed by atoms with E-state index in [0.29, 0.717) is 24.3 Å². The van der Waals surface area contributed by atoms with Crippen LogP contribution >= 0.6 is 0 Å². The molecule has 3 N–H and O–H groups in total. The van der Waals surface area contributed by atoms with E-state index in [1.54, 1.807) is 6.07 Å². The van der Waals surface area contributed by atoms with Crippen LogP contribution in [0.2, 0.25) is 0 Å². The Bertz CT molecular complexity index is 1170. The lowest BCUT2D eigenvalue weighted by atomic mass is 10.00. The van der Waals surface area contributed by atoms with Gasteiger partial charge in [-0.25, -0.2) is 0 Å². The molecule has 0 saturated carbocycles. The lowest BCUT2D eigenvalue weighted by Crippen LogP contribution is -2.39. The van der Waals surface area contributed by atoms with E-state index in [2.05, 4.69) is 10.3 Å². The molecule has 158 valence electrons. The molecule has 0 bridgehead atoms. The number of aromatic amines is 1. The number of carbonyl (C=O) groups is 1. The topological polar surface area (TPSA) is 74.3 Å². The largest absolute Gasteiger partial charge is 0.492 e. The second kappa shape index (κ2) is 9.49. The molecule has 0 aliphatic carbocycles. The predicted octanol–water partition coefficient (Wildman–Crippen LogP) is 4.57. The van der Waals surface area contributed by atoms with Crippen LogP contribution in [0.25, 0.3) is 22.0 Å². The molecule has 0 unspecified atom stereocenters. The molecule has 0 saturated heterocycles. The number of aliphatic hydroxyl groups is 1. The van der Waals surface area contributed by atoms with Crippen LogP contribution in [0.4, 0.5) is 0 Å². The average Bonchev–Trinajstić information content (AvgIpc) is 3.22. The normalized spacial score (nSPS) is 11.9. The van der Waals surface area contributed by atoms with Gasteiger partial charge in [0.15, 0.2) is 0 Å². The zero-order chi connectivity index (χ0) is 21.6. The zero-order valence-corrected chi connectivity index (χ0v) is 17.5. The molecule has 0 aliphatic heterocycles. The summed E-state index contributed by atoms with van der Waals surface area (Å²) in [5, 5.41) is 14.0. The lowest BCUT2D eigenvalue weighted by Gasteiger charge is -2.19. The molecule has 1 aromatic heterocycles. The quantitative estimate of drug-likeness (QED) is 0.395. The van der Waals surface area contributed by atoms with Crippen molar-refractivity contribution in [3.63, 3.8) is 0 Å². The van der Waals surface area contributed by atoms with E-state index in [9.17, 15) is 9.90 Å². The number of aromatic nitrogens is 1. The van der Waals surface area contributed by atoms with Gasteiger partial charge in [-0.1, -0.05) is 60.7 Å². The predicted molar refractivity (Wildman–Crippen MR) is 123 cm³/mol. The number of rotatable bonds is 8. The molecule has 5 nitrogen and oxygen atoms in total. The number of para-hydroxylation sites is 2. The summed E-state index contributed by atoms with van der Waals surface area (Å²) in [6.07, 6.45) is 2.45. The Morgan fingerprint density at radius 2 is 1.81 bits per heavy atom. The first kappa shape index (κ1) is 20.7. The van der Waals surface area contributed by atoms with Crippen molar-refractivity contribution in [2.75, 3.05) is 13.2 Å². The summed E-state index contributed by atoms with van der Waals surface area (Å²) in [6.45, 7) is 2.19. The average molecular weight is 415 g/mol. The fourth-order valence-corrected chi connectivity index (χ4v) is 3.85. The second-order valence-electron chi connectivity index (χ2n) is 7.40. The van der Waals surface area contributed by atoms with Crippen LogP contribution in [-0.4, -0.2) is 35.3 Å². The molecule has 4 rings (SSSR count). The third-order valence-electron chi connectivity index (χ3n) is 5.33. The third kappa shape index (κ3) is 4.47. The number of amides is 1. The Balaban J connectivity index is 1.59. The smallest absolute Gasteiger partial charge is 0.255 e. The van der Waals surface area contributed by atoms with Gasteiger partial charge in [-0.2, -0.15) is 0 Å². The first-order valence-electron chi connectivity index (χ1n) is 10.5. The van der Waals surface area contributed by atoms with E-state index in [-0.39, 0.29) is 12.5 Å². The first-order chi connectivity index (χ1) is 15.2.